The number of hydrogen-bond donors (Lipinski definition) is 1. The topological polar surface area (TPSA) is 63.8 Å². The van der Waals surface area contributed by atoms with Crippen LogP contribution in [-0.2, 0) is 19.4 Å². The average molecular weight is 300 g/mol. The van der Waals surface area contributed by atoms with Crippen LogP contribution in [0.4, 0.5) is 0 Å². The lowest BCUT2D eigenvalue weighted by Gasteiger charge is -2.06. The third-order valence-electron chi connectivity index (χ3n) is 3.37. The van der Waals surface area contributed by atoms with E-state index >= 15 is 0 Å². The van der Waals surface area contributed by atoms with Gasteiger partial charge in [0.15, 0.2) is 5.16 Å². The summed E-state index contributed by atoms with van der Waals surface area (Å²) in [5.74, 6) is 1.45. The smallest absolute Gasteiger partial charge is 0.168 e. The van der Waals surface area contributed by atoms with Gasteiger partial charge >= 0.3 is 0 Å². The molecule has 0 bridgehead atoms. The van der Waals surface area contributed by atoms with Crippen LogP contribution in [0.15, 0.2) is 35.6 Å². The summed E-state index contributed by atoms with van der Waals surface area (Å²) in [6.45, 7) is 2.00. The fourth-order valence-electron chi connectivity index (χ4n) is 2.20. The average Bonchev–Trinajstić information content (AvgIpc) is 2.85. The van der Waals surface area contributed by atoms with E-state index in [4.69, 9.17) is 0 Å². The number of aromatic nitrogens is 4. The van der Waals surface area contributed by atoms with Crippen LogP contribution in [0.1, 0.15) is 17.2 Å². The van der Waals surface area contributed by atoms with Crippen molar-refractivity contribution in [1.29, 1.82) is 0 Å². The molecule has 0 unspecified atom stereocenters. The summed E-state index contributed by atoms with van der Waals surface area (Å²) in [7, 11) is 1.90. The lowest BCUT2D eigenvalue weighted by Crippen LogP contribution is -2.00. The van der Waals surface area contributed by atoms with Crippen LogP contribution < -0.4 is 0 Å². The van der Waals surface area contributed by atoms with Crippen LogP contribution in [0.25, 0.3) is 10.9 Å². The van der Waals surface area contributed by atoms with E-state index in [9.17, 15) is 5.11 Å². The van der Waals surface area contributed by atoms with Crippen molar-refractivity contribution in [3.63, 3.8) is 0 Å². The molecule has 0 radical (unpaired) electrons. The first-order valence-corrected chi connectivity index (χ1v) is 7.64. The molecule has 0 saturated heterocycles. The molecule has 2 heterocycles. The van der Waals surface area contributed by atoms with Crippen LogP contribution in [0.3, 0.4) is 0 Å². The molecule has 5 nitrogen and oxygen atoms in total. The second-order valence-electron chi connectivity index (χ2n) is 4.78. The summed E-state index contributed by atoms with van der Waals surface area (Å²) >= 11 is 1.57. The number of imidazole rings is 1. The van der Waals surface area contributed by atoms with Gasteiger partial charge in [-0.2, -0.15) is 0 Å². The van der Waals surface area contributed by atoms with Gasteiger partial charge in [0.2, 0.25) is 0 Å². The highest BCUT2D eigenvalue weighted by Gasteiger charge is 2.09. The largest absolute Gasteiger partial charge is 0.390 e. The molecule has 0 amide bonds. The predicted molar refractivity (Wildman–Crippen MR) is 83.0 cm³/mol. The van der Waals surface area contributed by atoms with Gasteiger partial charge in [0.25, 0.3) is 0 Å². The number of aliphatic hydroxyl groups is 1. The minimum atomic E-state index is -0.00432. The molecular weight excluding hydrogens is 284 g/mol. The molecule has 0 aliphatic rings. The molecule has 1 N–H and O–H groups in total. The molecule has 0 aliphatic carbocycles. The van der Waals surface area contributed by atoms with Crippen molar-refractivity contribution in [3.05, 3.63) is 47.7 Å². The van der Waals surface area contributed by atoms with E-state index in [1.807, 2.05) is 42.8 Å². The first-order valence-electron chi connectivity index (χ1n) is 6.65. The molecule has 0 fully saturated rings. The Bertz CT molecular complexity index is 784. The van der Waals surface area contributed by atoms with Crippen molar-refractivity contribution in [1.82, 2.24) is 19.5 Å². The summed E-state index contributed by atoms with van der Waals surface area (Å²) in [6.07, 6.45) is 1.69. The van der Waals surface area contributed by atoms with Gasteiger partial charge in [0.1, 0.15) is 5.82 Å². The van der Waals surface area contributed by atoms with Crippen LogP contribution in [0.2, 0.25) is 0 Å². The number of hydrogen-bond acceptors (Lipinski definition) is 5. The third-order valence-corrected chi connectivity index (χ3v) is 4.41. The predicted octanol–water partition coefficient (Wildman–Crippen LogP) is 2.46. The molecule has 3 aromatic rings. The molecule has 21 heavy (non-hydrogen) atoms. The van der Waals surface area contributed by atoms with E-state index in [1.165, 1.54) is 0 Å². The summed E-state index contributed by atoms with van der Waals surface area (Å²) in [6, 6.07) is 8.02. The Morgan fingerprint density at radius 3 is 2.81 bits per heavy atom. The van der Waals surface area contributed by atoms with Gasteiger partial charge in [0, 0.05) is 18.1 Å². The minimum Gasteiger partial charge on any atom is -0.390 e. The quantitative estimate of drug-likeness (QED) is 0.750. The Balaban J connectivity index is 1.83. The minimum absolute atomic E-state index is 0.00432. The van der Waals surface area contributed by atoms with E-state index < -0.39 is 0 Å². The number of nitrogens with zero attached hydrogens (tertiary/aromatic N) is 4. The maximum atomic E-state index is 9.18. The highest BCUT2D eigenvalue weighted by atomic mass is 32.2. The van der Waals surface area contributed by atoms with E-state index in [0.29, 0.717) is 5.75 Å². The van der Waals surface area contributed by atoms with E-state index in [1.54, 1.807) is 18.0 Å². The van der Waals surface area contributed by atoms with Gasteiger partial charge in [-0.3, -0.25) is 0 Å². The second kappa shape index (κ2) is 5.83. The van der Waals surface area contributed by atoms with Gasteiger partial charge in [-0.25, -0.2) is 15.0 Å². The van der Waals surface area contributed by atoms with Crippen molar-refractivity contribution in [2.75, 3.05) is 0 Å². The molecule has 0 saturated carbocycles. The lowest BCUT2D eigenvalue weighted by molar-refractivity contribution is 0.271. The highest BCUT2D eigenvalue weighted by Crippen LogP contribution is 2.22. The SMILES string of the molecule is Cc1nc(CSc2ncc(CO)n2C)nc2ccccc12. The number of benzene rings is 1. The van der Waals surface area contributed by atoms with Crippen LogP contribution in [0, 0.1) is 6.92 Å². The van der Waals surface area contributed by atoms with E-state index in [-0.39, 0.29) is 6.61 Å². The number of rotatable bonds is 4. The number of thioether (sulfide) groups is 1. The normalized spacial score (nSPS) is 11.2. The van der Waals surface area contributed by atoms with Gasteiger partial charge in [-0.05, 0) is 13.0 Å². The monoisotopic (exact) mass is 300 g/mol. The number of para-hydroxylation sites is 1. The zero-order chi connectivity index (χ0) is 14.8. The second-order valence-corrected chi connectivity index (χ2v) is 5.72. The lowest BCUT2D eigenvalue weighted by atomic mass is 10.2. The molecule has 6 heteroatoms. The number of fused-ring (bicyclic) bond motifs is 1. The fourth-order valence-corrected chi connectivity index (χ4v) is 3.02. The van der Waals surface area contributed by atoms with Crippen LogP contribution in [-0.4, -0.2) is 24.6 Å². The number of aryl methyl sites for hydroxylation is 1. The first-order chi connectivity index (χ1) is 10.2. The maximum Gasteiger partial charge on any atom is 0.168 e. The zero-order valence-corrected chi connectivity index (χ0v) is 12.8. The summed E-state index contributed by atoms with van der Waals surface area (Å²) in [5, 5.41) is 11.1. The Morgan fingerprint density at radius 2 is 2.05 bits per heavy atom. The Labute approximate surface area is 127 Å². The molecular formula is C15H16N4OS. The van der Waals surface area contributed by atoms with Crippen molar-refractivity contribution >= 4 is 22.7 Å². The summed E-state index contributed by atoms with van der Waals surface area (Å²) in [4.78, 5) is 13.4. The van der Waals surface area contributed by atoms with Crippen molar-refractivity contribution in [2.24, 2.45) is 7.05 Å². The molecule has 3 rings (SSSR count). The first kappa shape index (κ1) is 14.0. The molecule has 0 spiro atoms. The summed E-state index contributed by atoms with van der Waals surface area (Å²) < 4.78 is 1.89. The Morgan fingerprint density at radius 1 is 1.24 bits per heavy atom. The fraction of sp³-hybridized carbons (Fsp3) is 0.267. The van der Waals surface area contributed by atoms with Crippen molar-refractivity contribution in [2.45, 2.75) is 24.4 Å². The van der Waals surface area contributed by atoms with Crippen molar-refractivity contribution < 1.29 is 5.11 Å². The Hall–Kier alpha value is -1.92. The maximum absolute atomic E-state index is 9.18. The molecule has 1 aromatic carbocycles. The third kappa shape index (κ3) is 2.77. The van der Waals surface area contributed by atoms with Gasteiger partial charge in [-0.15, -0.1) is 0 Å². The zero-order valence-electron chi connectivity index (χ0n) is 11.9. The highest BCUT2D eigenvalue weighted by molar-refractivity contribution is 7.98. The van der Waals surface area contributed by atoms with Gasteiger partial charge < -0.3 is 9.67 Å². The molecule has 2 aromatic heterocycles. The Kier molecular flexibility index (Phi) is 3.90. The molecule has 0 atom stereocenters. The van der Waals surface area contributed by atoms with Crippen molar-refractivity contribution in [3.8, 4) is 0 Å². The number of aliphatic hydroxyl groups excluding tert-OH is 1. The molecule has 0 aliphatic heterocycles. The van der Waals surface area contributed by atoms with Crippen LogP contribution >= 0.6 is 11.8 Å². The van der Waals surface area contributed by atoms with E-state index in [0.717, 1.165) is 33.3 Å². The van der Waals surface area contributed by atoms with Gasteiger partial charge in [0.05, 0.1) is 29.8 Å². The molecule has 108 valence electrons. The standard InChI is InChI=1S/C15H16N4OS/c1-10-12-5-3-4-6-13(12)18-14(17-10)9-21-15-16-7-11(8-20)19(15)2/h3-7,20H,8-9H2,1-2H3. The summed E-state index contributed by atoms with van der Waals surface area (Å²) in [5.41, 5.74) is 2.76. The van der Waals surface area contributed by atoms with Crippen LogP contribution in [0.5, 0.6) is 0 Å². The van der Waals surface area contributed by atoms with Gasteiger partial charge in [-0.1, -0.05) is 30.0 Å². The van der Waals surface area contributed by atoms with E-state index in [2.05, 4.69) is 15.0 Å².